The molecule has 4 amide bonds. The zero-order valence-corrected chi connectivity index (χ0v) is 26.2. The number of azo groups is 1. The lowest BCUT2D eigenvalue weighted by Crippen LogP contribution is -2.41. The van der Waals surface area contributed by atoms with Gasteiger partial charge in [0.2, 0.25) is 0 Å². The number of nitrogens with one attached hydrogen (secondary N) is 3. The zero-order valence-electron chi connectivity index (χ0n) is 25.5. The molecule has 0 unspecified atom stereocenters. The molecule has 3 N–H and O–H groups in total. The summed E-state index contributed by atoms with van der Waals surface area (Å²) in [5, 5.41) is 24.4. The number of carbonyl (C=O) groups is 3. The quantitative estimate of drug-likeness (QED) is 0.216. The van der Waals surface area contributed by atoms with E-state index in [2.05, 4.69) is 36.5 Å². The molecule has 3 rings (SSSR count). The molecular weight excluding hydrogens is 592 g/mol. The molecular formula is C29H37ClN8O6. The van der Waals surface area contributed by atoms with Gasteiger partial charge in [0, 0.05) is 29.9 Å². The third-order valence-electron chi connectivity index (χ3n) is 5.25. The van der Waals surface area contributed by atoms with Gasteiger partial charge in [-0.15, -0.1) is 10.2 Å². The molecule has 0 bridgehead atoms. The van der Waals surface area contributed by atoms with Crippen molar-refractivity contribution < 1.29 is 28.6 Å². The van der Waals surface area contributed by atoms with E-state index in [4.69, 9.17) is 25.8 Å². The molecule has 14 nitrogen and oxygen atoms in total. The predicted molar refractivity (Wildman–Crippen MR) is 163 cm³/mol. The van der Waals surface area contributed by atoms with Crippen LogP contribution >= 0.6 is 11.6 Å². The van der Waals surface area contributed by atoms with Gasteiger partial charge in [0.15, 0.2) is 0 Å². The maximum absolute atomic E-state index is 12.2. The monoisotopic (exact) mass is 628 g/mol. The third-order valence-corrected chi connectivity index (χ3v) is 5.50. The maximum Gasteiger partial charge on any atom is 0.407 e. The van der Waals surface area contributed by atoms with Gasteiger partial charge in [0.25, 0.3) is 0 Å². The van der Waals surface area contributed by atoms with Crippen molar-refractivity contribution in [3.05, 3.63) is 65.4 Å². The second kappa shape index (κ2) is 15.1. The van der Waals surface area contributed by atoms with E-state index in [-0.39, 0.29) is 19.7 Å². The summed E-state index contributed by atoms with van der Waals surface area (Å²) < 4.78 is 18.0. The summed E-state index contributed by atoms with van der Waals surface area (Å²) in [4.78, 5) is 36.7. The van der Waals surface area contributed by atoms with Crippen LogP contribution in [0.5, 0.6) is 5.75 Å². The van der Waals surface area contributed by atoms with Crippen LogP contribution in [-0.2, 0) is 16.1 Å². The highest BCUT2D eigenvalue weighted by atomic mass is 35.5. The van der Waals surface area contributed by atoms with Gasteiger partial charge in [-0.25, -0.2) is 19.1 Å². The minimum atomic E-state index is -0.673. The van der Waals surface area contributed by atoms with Crippen LogP contribution < -0.4 is 20.7 Å². The van der Waals surface area contributed by atoms with E-state index in [1.807, 2.05) is 0 Å². The van der Waals surface area contributed by atoms with Crippen LogP contribution in [0.3, 0.4) is 0 Å². The van der Waals surface area contributed by atoms with Crippen molar-refractivity contribution in [2.75, 3.05) is 18.4 Å². The number of anilines is 1. The second-order valence-electron chi connectivity index (χ2n) is 11.5. The first-order chi connectivity index (χ1) is 20.6. The van der Waals surface area contributed by atoms with Crippen LogP contribution in [0, 0.1) is 0 Å². The van der Waals surface area contributed by atoms with Gasteiger partial charge >= 0.3 is 18.2 Å². The fourth-order valence-electron chi connectivity index (χ4n) is 3.43. The molecule has 0 aliphatic carbocycles. The summed E-state index contributed by atoms with van der Waals surface area (Å²) in [6.07, 6.45) is 0.421. The number of ether oxygens (including phenoxy) is 3. The lowest BCUT2D eigenvalue weighted by atomic mass is 10.2. The normalized spacial score (nSPS) is 11.7. The summed E-state index contributed by atoms with van der Waals surface area (Å²) in [6.45, 7) is 10.8. The van der Waals surface area contributed by atoms with E-state index in [1.54, 1.807) is 96.3 Å². The van der Waals surface area contributed by atoms with E-state index in [1.165, 1.54) is 4.68 Å². The van der Waals surface area contributed by atoms with Gasteiger partial charge < -0.3 is 30.2 Å². The predicted octanol–water partition coefficient (Wildman–Crippen LogP) is 6.42. The fourth-order valence-corrected chi connectivity index (χ4v) is 3.55. The number of rotatable bonds is 10. The highest BCUT2D eigenvalue weighted by molar-refractivity contribution is 6.30. The van der Waals surface area contributed by atoms with Crippen LogP contribution in [0.15, 0.2) is 65.0 Å². The number of halogens is 1. The summed E-state index contributed by atoms with van der Waals surface area (Å²) in [6, 6.07) is 12.1. The fraction of sp³-hybridized carbons (Fsp3) is 0.414. The standard InChI is InChI=1S/C29H37ClN8O6/c1-28(2,3)43-26(40)31-15-23(16-32-27(41)44-29(4,5)6)38-17-22(35-37-38)18-42-24-9-7-8-21(14-24)33-25(39)36-34-20-12-10-19(30)11-13-20/h7-14,17,23H,15-16,18H2,1-6H3,(H,31,40)(H,32,41)(H,33,39). The van der Waals surface area contributed by atoms with Crippen molar-refractivity contribution in [3.63, 3.8) is 0 Å². The Morgan fingerprint density at radius 3 is 2.14 bits per heavy atom. The minimum absolute atomic E-state index is 0.0549. The lowest BCUT2D eigenvalue weighted by Gasteiger charge is -2.23. The number of urea groups is 1. The number of nitrogens with zero attached hydrogens (tertiary/aromatic N) is 5. The number of amides is 4. The van der Waals surface area contributed by atoms with Crippen LogP contribution in [0.25, 0.3) is 0 Å². The number of aromatic nitrogens is 3. The maximum atomic E-state index is 12.2. The van der Waals surface area contributed by atoms with Crippen LogP contribution in [-0.4, -0.2) is 57.5 Å². The number of benzene rings is 2. The molecule has 0 aliphatic heterocycles. The molecule has 1 heterocycles. The average molecular weight is 629 g/mol. The Kier molecular flexibility index (Phi) is 11.6. The Balaban J connectivity index is 1.60. The van der Waals surface area contributed by atoms with E-state index in [0.717, 1.165) is 0 Å². The first-order valence-corrected chi connectivity index (χ1v) is 14.1. The molecule has 0 fully saturated rings. The second-order valence-corrected chi connectivity index (χ2v) is 12.0. The first-order valence-electron chi connectivity index (χ1n) is 13.7. The summed E-state index contributed by atoms with van der Waals surface area (Å²) in [7, 11) is 0. The van der Waals surface area contributed by atoms with Gasteiger partial charge in [-0.05, 0) is 77.9 Å². The molecule has 44 heavy (non-hydrogen) atoms. The molecule has 1 aromatic heterocycles. The molecule has 0 atom stereocenters. The van der Waals surface area contributed by atoms with Crippen LogP contribution in [0.4, 0.5) is 25.8 Å². The topological polar surface area (TPSA) is 170 Å². The molecule has 0 saturated heterocycles. The van der Waals surface area contributed by atoms with Crippen LogP contribution in [0.1, 0.15) is 53.3 Å². The zero-order chi connectivity index (χ0) is 32.3. The SMILES string of the molecule is CC(C)(C)OC(=O)NCC(CNC(=O)OC(C)(C)C)n1cc(COc2cccc(NC(=O)N=Nc3ccc(Cl)cc3)c2)nn1. The molecule has 0 aliphatic rings. The number of hydrogen-bond donors (Lipinski definition) is 3. The van der Waals surface area contributed by atoms with E-state index in [9.17, 15) is 14.4 Å². The number of carbonyl (C=O) groups excluding carboxylic acids is 3. The smallest absolute Gasteiger partial charge is 0.407 e. The molecule has 236 valence electrons. The summed E-state index contributed by atoms with van der Waals surface area (Å²) in [5.74, 6) is 0.460. The van der Waals surface area contributed by atoms with E-state index in [0.29, 0.717) is 27.8 Å². The van der Waals surface area contributed by atoms with Crippen molar-refractivity contribution in [1.82, 2.24) is 25.6 Å². The van der Waals surface area contributed by atoms with Crippen molar-refractivity contribution in [2.24, 2.45) is 10.2 Å². The Hall–Kier alpha value is -4.72. The summed E-state index contributed by atoms with van der Waals surface area (Å²) >= 11 is 5.85. The molecule has 2 aromatic carbocycles. The molecule has 3 aromatic rings. The van der Waals surface area contributed by atoms with E-state index >= 15 is 0 Å². The van der Waals surface area contributed by atoms with Gasteiger partial charge in [0.1, 0.15) is 29.3 Å². The first kappa shape index (κ1) is 33.8. The van der Waals surface area contributed by atoms with Gasteiger partial charge in [0.05, 0.1) is 17.9 Å². The molecule has 0 saturated carbocycles. The van der Waals surface area contributed by atoms with Crippen molar-refractivity contribution in [1.29, 1.82) is 0 Å². The minimum Gasteiger partial charge on any atom is -0.487 e. The highest BCUT2D eigenvalue weighted by Crippen LogP contribution is 2.20. The lowest BCUT2D eigenvalue weighted by molar-refractivity contribution is 0.0508. The Bertz CT molecular complexity index is 1420. The van der Waals surface area contributed by atoms with E-state index < -0.39 is 35.5 Å². The Morgan fingerprint density at radius 2 is 1.55 bits per heavy atom. The highest BCUT2D eigenvalue weighted by Gasteiger charge is 2.22. The Labute approximate surface area is 260 Å². The largest absolute Gasteiger partial charge is 0.487 e. The van der Waals surface area contributed by atoms with Gasteiger partial charge in [-0.3, -0.25) is 0 Å². The van der Waals surface area contributed by atoms with Gasteiger partial charge in [-0.1, -0.05) is 28.0 Å². The third kappa shape index (κ3) is 12.7. The van der Waals surface area contributed by atoms with Crippen molar-refractivity contribution >= 4 is 41.2 Å². The summed E-state index contributed by atoms with van der Waals surface area (Å²) in [5.41, 5.74) is 0.0724. The Morgan fingerprint density at radius 1 is 0.932 bits per heavy atom. The average Bonchev–Trinajstić information content (AvgIpc) is 3.39. The van der Waals surface area contributed by atoms with Crippen molar-refractivity contribution in [2.45, 2.75) is 65.4 Å². The molecule has 0 spiro atoms. The van der Waals surface area contributed by atoms with Crippen molar-refractivity contribution in [3.8, 4) is 5.75 Å². The van der Waals surface area contributed by atoms with Crippen LogP contribution in [0.2, 0.25) is 5.02 Å². The molecule has 0 radical (unpaired) electrons. The molecule has 15 heteroatoms. The number of alkyl carbamates (subject to hydrolysis) is 2. The number of hydrogen-bond acceptors (Lipinski definition) is 9. The van der Waals surface area contributed by atoms with Gasteiger partial charge in [-0.2, -0.15) is 0 Å².